The molecule has 16 heavy (non-hydrogen) atoms. The Balaban J connectivity index is 3.04. The van der Waals surface area contributed by atoms with E-state index in [2.05, 4.69) is 0 Å². The van der Waals surface area contributed by atoms with Crippen molar-refractivity contribution >= 4 is 22.5 Å². The van der Waals surface area contributed by atoms with Crippen LogP contribution in [0.15, 0.2) is 29.2 Å². The fourth-order valence-electron chi connectivity index (χ4n) is 1.73. The van der Waals surface area contributed by atoms with Gasteiger partial charge >= 0.3 is 0 Å². The second-order valence-electron chi connectivity index (χ2n) is 3.59. The molecule has 1 heterocycles. The highest BCUT2D eigenvalue weighted by Gasteiger charge is 2.13. The molecule has 4 N–H and O–H groups in total. The number of aryl methyl sites for hydroxylation is 1. The van der Waals surface area contributed by atoms with Gasteiger partial charge in [0.2, 0.25) is 5.43 Å². The minimum absolute atomic E-state index is 0.0482. The molecule has 1 aromatic carbocycles. The average Bonchev–Trinajstić information content (AvgIpc) is 2.22. The number of amides is 1. The standard InChI is InChI=1S/C11H11N3O2/c1-14-5-6(11(13)16)10(15)9-7(12)3-2-4-8(9)14/h2-5H,12H2,1H3,(H2,13,16). The Morgan fingerprint density at radius 1 is 1.38 bits per heavy atom. The summed E-state index contributed by atoms with van der Waals surface area (Å²) in [6.45, 7) is 0. The lowest BCUT2D eigenvalue weighted by Gasteiger charge is -2.08. The number of pyridine rings is 1. The van der Waals surface area contributed by atoms with Crippen LogP contribution in [-0.4, -0.2) is 10.5 Å². The number of primary amides is 1. The molecule has 0 saturated heterocycles. The molecule has 0 atom stereocenters. The van der Waals surface area contributed by atoms with Crippen molar-refractivity contribution in [1.82, 2.24) is 4.57 Å². The topological polar surface area (TPSA) is 91.1 Å². The molecule has 1 aromatic heterocycles. The highest BCUT2D eigenvalue weighted by atomic mass is 16.2. The van der Waals surface area contributed by atoms with Gasteiger partial charge in [-0.05, 0) is 12.1 Å². The van der Waals surface area contributed by atoms with Gasteiger partial charge in [-0.3, -0.25) is 9.59 Å². The monoisotopic (exact) mass is 217 g/mol. The minimum Gasteiger partial charge on any atom is -0.398 e. The first-order valence-electron chi connectivity index (χ1n) is 4.70. The lowest BCUT2D eigenvalue weighted by atomic mass is 10.1. The molecule has 82 valence electrons. The molecule has 0 aliphatic heterocycles. The van der Waals surface area contributed by atoms with Crippen LogP contribution in [0.25, 0.3) is 10.9 Å². The molecule has 0 unspecified atom stereocenters. The summed E-state index contributed by atoms with van der Waals surface area (Å²) >= 11 is 0. The summed E-state index contributed by atoms with van der Waals surface area (Å²) in [4.78, 5) is 23.0. The van der Waals surface area contributed by atoms with Gasteiger partial charge in [-0.1, -0.05) is 6.07 Å². The molecule has 0 radical (unpaired) electrons. The fourth-order valence-corrected chi connectivity index (χ4v) is 1.73. The first-order valence-corrected chi connectivity index (χ1v) is 4.70. The third-order valence-corrected chi connectivity index (χ3v) is 2.51. The van der Waals surface area contributed by atoms with Crippen LogP contribution in [-0.2, 0) is 7.05 Å². The van der Waals surface area contributed by atoms with Crippen LogP contribution in [0.2, 0.25) is 0 Å². The van der Waals surface area contributed by atoms with Crippen LogP contribution in [0, 0.1) is 0 Å². The number of hydrogen-bond donors (Lipinski definition) is 2. The predicted molar refractivity (Wildman–Crippen MR) is 62.1 cm³/mol. The minimum atomic E-state index is -0.745. The molecule has 0 aliphatic carbocycles. The van der Waals surface area contributed by atoms with Crippen molar-refractivity contribution < 1.29 is 4.79 Å². The van der Waals surface area contributed by atoms with Gasteiger partial charge in [-0.25, -0.2) is 0 Å². The van der Waals surface area contributed by atoms with E-state index in [0.29, 0.717) is 16.6 Å². The molecule has 1 amide bonds. The summed E-state index contributed by atoms with van der Waals surface area (Å²) in [7, 11) is 1.73. The van der Waals surface area contributed by atoms with E-state index in [1.165, 1.54) is 6.20 Å². The molecular formula is C11H11N3O2. The normalized spacial score (nSPS) is 10.6. The quantitative estimate of drug-likeness (QED) is 0.669. The van der Waals surface area contributed by atoms with Crippen molar-refractivity contribution in [3.8, 4) is 0 Å². The SMILES string of the molecule is Cn1cc(C(N)=O)c(=O)c2c(N)cccc21. The molecule has 0 bridgehead atoms. The van der Waals surface area contributed by atoms with Crippen LogP contribution in [0.4, 0.5) is 5.69 Å². The van der Waals surface area contributed by atoms with E-state index in [1.54, 1.807) is 29.8 Å². The maximum absolute atomic E-state index is 11.9. The van der Waals surface area contributed by atoms with Gasteiger partial charge in [-0.15, -0.1) is 0 Å². The summed E-state index contributed by atoms with van der Waals surface area (Å²) in [6.07, 6.45) is 1.42. The number of anilines is 1. The Bertz CT molecular complexity index is 643. The number of nitrogens with two attached hydrogens (primary N) is 2. The number of hydrogen-bond acceptors (Lipinski definition) is 3. The van der Waals surface area contributed by atoms with Crippen LogP contribution in [0.1, 0.15) is 10.4 Å². The molecule has 0 saturated carbocycles. The zero-order valence-corrected chi connectivity index (χ0v) is 8.73. The van der Waals surface area contributed by atoms with Gasteiger partial charge in [0.25, 0.3) is 5.91 Å². The summed E-state index contributed by atoms with van der Waals surface area (Å²) in [6, 6.07) is 5.13. The molecule has 0 fully saturated rings. The number of carbonyl (C=O) groups is 1. The summed E-state index contributed by atoms with van der Waals surface area (Å²) < 4.78 is 1.66. The molecule has 5 nitrogen and oxygen atoms in total. The van der Waals surface area contributed by atoms with Gasteiger partial charge < -0.3 is 16.0 Å². The average molecular weight is 217 g/mol. The van der Waals surface area contributed by atoms with Gasteiger partial charge in [0.05, 0.1) is 10.9 Å². The third-order valence-electron chi connectivity index (χ3n) is 2.51. The van der Waals surface area contributed by atoms with Crippen molar-refractivity contribution in [2.75, 3.05) is 5.73 Å². The van der Waals surface area contributed by atoms with Crippen LogP contribution < -0.4 is 16.9 Å². The van der Waals surface area contributed by atoms with Gasteiger partial charge in [0.1, 0.15) is 5.56 Å². The number of nitrogen functional groups attached to an aromatic ring is 1. The maximum atomic E-state index is 11.9. The zero-order chi connectivity index (χ0) is 11.9. The number of benzene rings is 1. The smallest absolute Gasteiger partial charge is 0.254 e. The van der Waals surface area contributed by atoms with Crippen molar-refractivity contribution in [3.05, 3.63) is 40.2 Å². The van der Waals surface area contributed by atoms with Crippen molar-refractivity contribution in [1.29, 1.82) is 0 Å². The summed E-state index contributed by atoms with van der Waals surface area (Å²) in [5.74, 6) is -0.745. The predicted octanol–water partition coefficient (Wildman–Crippen LogP) is 0.220. The molecule has 0 aliphatic rings. The highest BCUT2D eigenvalue weighted by molar-refractivity contribution is 5.99. The van der Waals surface area contributed by atoms with E-state index in [4.69, 9.17) is 11.5 Å². The van der Waals surface area contributed by atoms with Crippen LogP contribution in [0.5, 0.6) is 0 Å². The Kier molecular flexibility index (Phi) is 2.16. The number of rotatable bonds is 1. The first kappa shape index (κ1) is 10.2. The zero-order valence-electron chi connectivity index (χ0n) is 8.73. The Morgan fingerprint density at radius 2 is 2.06 bits per heavy atom. The second-order valence-corrected chi connectivity index (χ2v) is 3.59. The van der Waals surface area contributed by atoms with E-state index in [-0.39, 0.29) is 5.56 Å². The van der Waals surface area contributed by atoms with E-state index in [9.17, 15) is 9.59 Å². The van der Waals surface area contributed by atoms with Crippen molar-refractivity contribution in [2.45, 2.75) is 0 Å². The van der Waals surface area contributed by atoms with Gasteiger partial charge in [-0.2, -0.15) is 0 Å². The lowest BCUT2D eigenvalue weighted by molar-refractivity contribution is 0.0999. The molecular weight excluding hydrogens is 206 g/mol. The Morgan fingerprint density at radius 3 is 2.69 bits per heavy atom. The summed E-state index contributed by atoms with van der Waals surface area (Å²) in [5.41, 5.74) is 11.4. The van der Waals surface area contributed by atoms with E-state index in [1.807, 2.05) is 0 Å². The second kappa shape index (κ2) is 3.37. The lowest BCUT2D eigenvalue weighted by Crippen LogP contribution is -2.24. The van der Waals surface area contributed by atoms with E-state index < -0.39 is 11.3 Å². The number of aromatic nitrogens is 1. The molecule has 2 aromatic rings. The van der Waals surface area contributed by atoms with Gasteiger partial charge in [0, 0.05) is 18.9 Å². The molecule has 0 spiro atoms. The van der Waals surface area contributed by atoms with Crippen LogP contribution in [0.3, 0.4) is 0 Å². The Labute approximate surface area is 91.3 Å². The first-order chi connectivity index (χ1) is 7.52. The van der Waals surface area contributed by atoms with Gasteiger partial charge in [0.15, 0.2) is 0 Å². The molecule has 2 rings (SSSR count). The van der Waals surface area contributed by atoms with E-state index >= 15 is 0 Å². The largest absolute Gasteiger partial charge is 0.398 e. The number of nitrogens with zero attached hydrogens (tertiary/aromatic N) is 1. The number of fused-ring (bicyclic) bond motifs is 1. The highest BCUT2D eigenvalue weighted by Crippen LogP contribution is 2.17. The van der Waals surface area contributed by atoms with Crippen molar-refractivity contribution in [2.24, 2.45) is 12.8 Å². The number of carbonyl (C=O) groups excluding carboxylic acids is 1. The van der Waals surface area contributed by atoms with Crippen LogP contribution >= 0.6 is 0 Å². The van der Waals surface area contributed by atoms with Crippen molar-refractivity contribution in [3.63, 3.8) is 0 Å². The maximum Gasteiger partial charge on any atom is 0.254 e. The third kappa shape index (κ3) is 1.33. The molecule has 5 heteroatoms. The fraction of sp³-hybridized carbons (Fsp3) is 0.0909. The van der Waals surface area contributed by atoms with E-state index in [0.717, 1.165) is 0 Å². The summed E-state index contributed by atoms with van der Waals surface area (Å²) in [5, 5.41) is 0.335. The Hall–Kier alpha value is -2.30.